The maximum absolute atomic E-state index is 2.38. The Bertz CT molecular complexity index is 3200. The maximum Gasteiger partial charge on any atom is 0.0541 e. The van der Waals surface area contributed by atoms with Crippen molar-refractivity contribution < 1.29 is 0 Å². The van der Waals surface area contributed by atoms with Gasteiger partial charge in [-0.25, -0.2) is 0 Å². The zero-order valence-electron chi connectivity index (χ0n) is 31.1. The first-order valence-electron chi connectivity index (χ1n) is 19.4. The Hall–Kier alpha value is -7.20. The smallest absolute Gasteiger partial charge is 0.0541 e. The summed E-state index contributed by atoms with van der Waals surface area (Å²) in [6.07, 6.45) is 0. The van der Waals surface area contributed by atoms with Gasteiger partial charge in [0.1, 0.15) is 0 Å². The van der Waals surface area contributed by atoms with Crippen molar-refractivity contribution in [3.05, 3.63) is 218 Å². The summed E-state index contributed by atoms with van der Waals surface area (Å²) in [7, 11) is 0. The highest BCUT2D eigenvalue weighted by Gasteiger charge is 2.17. The first-order chi connectivity index (χ1) is 28.2. The average molecular weight is 745 g/mol. The van der Waals surface area contributed by atoms with Crippen LogP contribution < -0.4 is 4.90 Å². The Labute approximate surface area is 335 Å². The molecule has 11 rings (SSSR count). The highest BCUT2D eigenvalue weighted by Crippen LogP contribution is 2.42. The fourth-order valence-corrected chi connectivity index (χ4v) is 9.49. The van der Waals surface area contributed by atoms with Gasteiger partial charge in [-0.15, -0.1) is 11.3 Å². The SMILES string of the molecule is c1ccc(-c2ccc(-c3ccc(N(c4ccc(-c5ccc6c(c5)c5ccccc5n6-c5ccccc5)cc4)c4ccc5sc6ccccc6c5c4)cc3)cc2)cc1. The summed E-state index contributed by atoms with van der Waals surface area (Å²) in [5.41, 5.74) is 14.2. The molecule has 0 bridgehead atoms. The summed E-state index contributed by atoms with van der Waals surface area (Å²) >= 11 is 1.85. The number of hydrogen-bond donors (Lipinski definition) is 0. The third-order valence-electron chi connectivity index (χ3n) is 11.2. The van der Waals surface area contributed by atoms with Crippen LogP contribution >= 0.6 is 11.3 Å². The van der Waals surface area contributed by atoms with Gasteiger partial charge in [0.05, 0.1) is 11.0 Å². The molecular weight excluding hydrogens is 709 g/mol. The molecule has 0 aliphatic rings. The maximum atomic E-state index is 2.38. The summed E-state index contributed by atoms with van der Waals surface area (Å²) in [5, 5.41) is 5.09. The van der Waals surface area contributed by atoms with Gasteiger partial charge in [0.15, 0.2) is 0 Å². The Morgan fingerprint density at radius 1 is 0.298 bits per heavy atom. The van der Waals surface area contributed by atoms with E-state index in [2.05, 4.69) is 228 Å². The largest absolute Gasteiger partial charge is 0.310 e. The standard InChI is InChI=1S/C54H36N2S/c1-3-11-37(12-4-1)38-19-21-39(22-20-38)40-23-28-44(29-24-40)55(46-32-34-54-50(36-46)48-16-8-10-18-53(48)57-54)45-30-25-41(26-31-45)42-27-33-52-49(35-42)47-15-7-9-17-51(47)56(52)43-13-5-2-6-14-43/h1-36H. The number of nitrogens with zero attached hydrogens (tertiary/aromatic N) is 2. The van der Waals surface area contributed by atoms with E-state index in [4.69, 9.17) is 0 Å². The number of hydrogen-bond acceptors (Lipinski definition) is 2. The molecule has 2 nitrogen and oxygen atoms in total. The van der Waals surface area contributed by atoms with Gasteiger partial charge in [-0.1, -0.05) is 140 Å². The molecule has 2 aromatic heterocycles. The van der Waals surface area contributed by atoms with E-state index in [1.54, 1.807) is 0 Å². The minimum absolute atomic E-state index is 1.11. The number of benzene rings is 9. The molecule has 0 spiro atoms. The zero-order chi connectivity index (χ0) is 37.7. The van der Waals surface area contributed by atoms with Crippen LogP contribution in [0.4, 0.5) is 17.1 Å². The van der Waals surface area contributed by atoms with Gasteiger partial charge in [0, 0.05) is 53.7 Å². The van der Waals surface area contributed by atoms with Crippen molar-refractivity contribution in [1.29, 1.82) is 0 Å². The highest BCUT2D eigenvalue weighted by atomic mass is 32.1. The lowest BCUT2D eigenvalue weighted by atomic mass is 10.00. The lowest BCUT2D eigenvalue weighted by molar-refractivity contribution is 1.18. The van der Waals surface area contributed by atoms with Crippen LogP contribution in [0.15, 0.2) is 218 Å². The fraction of sp³-hybridized carbons (Fsp3) is 0. The van der Waals surface area contributed by atoms with E-state index in [-0.39, 0.29) is 0 Å². The first kappa shape index (κ1) is 33.2. The summed E-state index contributed by atoms with van der Waals surface area (Å²) in [6, 6.07) is 79.3. The minimum Gasteiger partial charge on any atom is -0.310 e. The predicted octanol–water partition coefficient (Wildman–Crippen LogP) is 15.6. The number of anilines is 3. The van der Waals surface area contributed by atoms with Crippen molar-refractivity contribution >= 4 is 70.4 Å². The fourth-order valence-electron chi connectivity index (χ4n) is 8.40. The van der Waals surface area contributed by atoms with Gasteiger partial charge < -0.3 is 9.47 Å². The lowest BCUT2D eigenvalue weighted by Crippen LogP contribution is -2.09. The molecule has 0 saturated carbocycles. The Kier molecular flexibility index (Phi) is 8.04. The van der Waals surface area contributed by atoms with E-state index < -0.39 is 0 Å². The average Bonchev–Trinajstić information content (AvgIpc) is 3.83. The summed E-state index contributed by atoms with van der Waals surface area (Å²) in [6.45, 7) is 0. The van der Waals surface area contributed by atoms with E-state index in [0.29, 0.717) is 0 Å². The quantitative estimate of drug-likeness (QED) is 0.158. The Morgan fingerprint density at radius 3 is 1.46 bits per heavy atom. The Morgan fingerprint density at radius 2 is 0.772 bits per heavy atom. The summed E-state index contributed by atoms with van der Waals surface area (Å²) < 4.78 is 4.98. The lowest BCUT2D eigenvalue weighted by Gasteiger charge is -2.26. The molecule has 0 aliphatic heterocycles. The molecule has 0 fully saturated rings. The number of fused-ring (bicyclic) bond motifs is 6. The molecule has 0 radical (unpaired) electrons. The van der Waals surface area contributed by atoms with Crippen molar-refractivity contribution in [2.24, 2.45) is 0 Å². The van der Waals surface area contributed by atoms with E-state index in [0.717, 1.165) is 17.1 Å². The third kappa shape index (κ3) is 5.88. The van der Waals surface area contributed by atoms with E-state index in [9.17, 15) is 0 Å². The van der Waals surface area contributed by atoms with E-state index in [1.807, 2.05) is 11.3 Å². The first-order valence-corrected chi connectivity index (χ1v) is 20.2. The van der Waals surface area contributed by atoms with Gasteiger partial charge in [-0.05, 0) is 112 Å². The number of para-hydroxylation sites is 2. The van der Waals surface area contributed by atoms with E-state index >= 15 is 0 Å². The van der Waals surface area contributed by atoms with Gasteiger partial charge in [-0.2, -0.15) is 0 Å². The van der Waals surface area contributed by atoms with Crippen LogP contribution in [0.3, 0.4) is 0 Å². The molecule has 0 N–H and O–H groups in total. The second-order valence-corrected chi connectivity index (χ2v) is 15.7. The molecule has 0 saturated heterocycles. The molecule has 3 heteroatoms. The van der Waals surface area contributed by atoms with Crippen LogP contribution in [0.2, 0.25) is 0 Å². The van der Waals surface area contributed by atoms with Crippen LogP contribution in [-0.2, 0) is 0 Å². The van der Waals surface area contributed by atoms with Crippen molar-refractivity contribution in [3.8, 4) is 39.1 Å². The molecule has 0 aliphatic carbocycles. The molecule has 0 unspecified atom stereocenters. The summed E-state index contributed by atoms with van der Waals surface area (Å²) in [4.78, 5) is 2.38. The predicted molar refractivity (Wildman–Crippen MR) is 245 cm³/mol. The van der Waals surface area contributed by atoms with Crippen LogP contribution in [0, 0.1) is 0 Å². The monoisotopic (exact) mass is 744 g/mol. The number of thiophene rings is 1. The van der Waals surface area contributed by atoms with Gasteiger partial charge in [0.25, 0.3) is 0 Å². The molecule has 11 aromatic rings. The molecule has 268 valence electrons. The highest BCUT2D eigenvalue weighted by molar-refractivity contribution is 7.25. The normalized spacial score (nSPS) is 11.5. The molecule has 9 aromatic carbocycles. The van der Waals surface area contributed by atoms with Gasteiger partial charge >= 0.3 is 0 Å². The molecule has 57 heavy (non-hydrogen) atoms. The third-order valence-corrected chi connectivity index (χ3v) is 12.4. The van der Waals surface area contributed by atoms with Crippen LogP contribution in [0.1, 0.15) is 0 Å². The van der Waals surface area contributed by atoms with Gasteiger partial charge in [0.2, 0.25) is 0 Å². The number of aromatic nitrogens is 1. The van der Waals surface area contributed by atoms with E-state index in [1.165, 1.54) is 81.0 Å². The molecule has 0 amide bonds. The Balaban J connectivity index is 0.981. The van der Waals surface area contributed by atoms with Crippen molar-refractivity contribution in [2.75, 3.05) is 4.90 Å². The number of rotatable bonds is 7. The van der Waals surface area contributed by atoms with Crippen LogP contribution in [0.25, 0.3) is 81.0 Å². The topological polar surface area (TPSA) is 8.17 Å². The van der Waals surface area contributed by atoms with Crippen molar-refractivity contribution in [1.82, 2.24) is 4.57 Å². The molecule has 0 atom stereocenters. The van der Waals surface area contributed by atoms with Gasteiger partial charge in [-0.3, -0.25) is 0 Å². The summed E-state index contributed by atoms with van der Waals surface area (Å²) in [5.74, 6) is 0. The van der Waals surface area contributed by atoms with Crippen molar-refractivity contribution in [2.45, 2.75) is 0 Å². The van der Waals surface area contributed by atoms with Crippen molar-refractivity contribution in [3.63, 3.8) is 0 Å². The van der Waals surface area contributed by atoms with Crippen LogP contribution in [0.5, 0.6) is 0 Å². The second kappa shape index (κ2) is 13.8. The minimum atomic E-state index is 1.11. The molecule has 2 heterocycles. The van der Waals surface area contributed by atoms with Crippen LogP contribution in [-0.4, -0.2) is 4.57 Å². The second-order valence-electron chi connectivity index (χ2n) is 14.6. The molecular formula is C54H36N2S. The zero-order valence-corrected chi connectivity index (χ0v) is 31.9.